The molecular formula is C22H30N4O. The highest BCUT2D eigenvalue weighted by atomic mass is 16.1. The second kappa shape index (κ2) is 9.60. The summed E-state index contributed by atoms with van der Waals surface area (Å²) >= 11 is 0. The van der Waals surface area contributed by atoms with Crippen molar-refractivity contribution in [3.8, 4) is 0 Å². The molecule has 0 aromatic carbocycles. The Balaban J connectivity index is 1.46. The smallest absolute Gasteiger partial charge is 0.224 e. The molecule has 2 aromatic rings. The monoisotopic (exact) mass is 366 g/mol. The highest BCUT2D eigenvalue weighted by molar-refractivity contribution is 5.78. The number of pyridine rings is 2. The maximum Gasteiger partial charge on any atom is 0.224 e. The largest absolute Gasteiger partial charge is 0.356 e. The summed E-state index contributed by atoms with van der Waals surface area (Å²) in [6.07, 6.45) is 10.5. The van der Waals surface area contributed by atoms with Crippen molar-refractivity contribution in [2.45, 2.75) is 38.1 Å². The molecule has 1 saturated carbocycles. The minimum atomic E-state index is 0.0878. The molecule has 5 heteroatoms. The van der Waals surface area contributed by atoms with Gasteiger partial charge in [0.2, 0.25) is 5.91 Å². The van der Waals surface area contributed by atoms with Gasteiger partial charge in [0, 0.05) is 25.1 Å². The van der Waals surface area contributed by atoms with Crippen LogP contribution in [0.15, 0.2) is 48.9 Å². The fourth-order valence-corrected chi connectivity index (χ4v) is 4.20. The molecule has 1 atom stereocenters. The summed E-state index contributed by atoms with van der Waals surface area (Å²) in [5, 5.41) is 3.11. The van der Waals surface area contributed by atoms with E-state index in [-0.39, 0.29) is 5.91 Å². The van der Waals surface area contributed by atoms with Gasteiger partial charge in [0.05, 0.1) is 18.2 Å². The first kappa shape index (κ1) is 19.5. The van der Waals surface area contributed by atoms with Crippen LogP contribution in [0.4, 0.5) is 0 Å². The third kappa shape index (κ3) is 5.60. The second-order valence-corrected chi connectivity index (χ2v) is 7.79. The Bertz CT molecular complexity index is 697. The zero-order valence-corrected chi connectivity index (χ0v) is 16.3. The zero-order valence-electron chi connectivity index (χ0n) is 16.3. The summed E-state index contributed by atoms with van der Waals surface area (Å²) in [5.41, 5.74) is 2.12. The Labute approximate surface area is 162 Å². The average molecular weight is 367 g/mol. The van der Waals surface area contributed by atoms with Crippen molar-refractivity contribution in [2.24, 2.45) is 11.8 Å². The molecule has 3 rings (SSSR count). The highest BCUT2D eigenvalue weighted by Gasteiger charge is 2.30. The van der Waals surface area contributed by atoms with Crippen LogP contribution in [0, 0.1) is 11.8 Å². The maximum absolute atomic E-state index is 12.1. The van der Waals surface area contributed by atoms with E-state index in [0.29, 0.717) is 24.3 Å². The van der Waals surface area contributed by atoms with Crippen LogP contribution in [-0.2, 0) is 11.2 Å². The lowest BCUT2D eigenvalue weighted by Crippen LogP contribution is -2.35. The zero-order chi connectivity index (χ0) is 19.1. The van der Waals surface area contributed by atoms with Crippen molar-refractivity contribution in [2.75, 3.05) is 20.6 Å². The molecule has 0 aliphatic heterocycles. The van der Waals surface area contributed by atoms with Crippen molar-refractivity contribution < 1.29 is 4.79 Å². The molecule has 1 unspecified atom stereocenters. The van der Waals surface area contributed by atoms with E-state index in [0.717, 1.165) is 30.6 Å². The summed E-state index contributed by atoms with van der Waals surface area (Å²) in [4.78, 5) is 23.1. The topological polar surface area (TPSA) is 58.1 Å². The number of rotatable bonds is 7. The molecule has 0 bridgehead atoms. The molecule has 1 aliphatic rings. The van der Waals surface area contributed by atoms with Crippen molar-refractivity contribution >= 4 is 5.91 Å². The number of hydrogen-bond acceptors (Lipinski definition) is 4. The molecule has 0 saturated heterocycles. The van der Waals surface area contributed by atoms with Crippen molar-refractivity contribution in [3.63, 3.8) is 0 Å². The van der Waals surface area contributed by atoms with E-state index in [9.17, 15) is 4.79 Å². The highest BCUT2D eigenvalue weighted by Crippen LogP contribution is 2.38. The van der Waals surface area contributed by atoms with Crippen LogP contribution in [0.3, 0.4) is 0 Å². The molecule has 1 amide bonds. The van der Waals surface area contributed by atoms with Gasteiger partial charge < -0.3 is 10.2 Å². The maximum atomic E-state index is 12.1. The van der Waals surface area contributed by atoms with E-state index in [1.807, 2.05) is 24.4 Å². The predicted octanol–water partition coefficient (Wildman–Crippen LogP) is 3.24. The summed E-state index contributed by atoms with van der Waals surface area (Å²) in [6.45, 7) is 0.780. The third-order valence-electron chi connectivity index (χ3n) is 5.56. The van der Waals surface area contributed by atoms with E-state index in [1.54, 1.807) is 12.4 Å². The Hall–Kier alpha value is -2.27. The summed E-state index contributed by atoms with van der Waals surface area (Å²) in [6, 6.07) is 10.4. The quantitative estimate of drug-likeness (QED) is 0.817. The second-order valence-electron chi connectivity index (χ2n) is 7.79. The standard InChI is InChI=1S/C22H30N4O/c1-26(2)22(20-7-3-4-13-24-20)19-10-8-17(9-11-19)16-25-21(27)14-18-6-5-12-23-15-18/h3-7,12-13,15,17,19,22H,8-11,14,16H2,1-2H3,(H,25,27). The molecule has 144 valence electrons. The minimum Gasteiger partial charge on any atom is -0.356 e. The van der Waals surface area contributed by atoms with Crippen LogP contribution in [0.25, 0.3) is 0 Å². The molecule has 0 spiro atoms. The molecule has 0 radical (unpaired) electrons. The molecular weight excluding hydrogens is 336 g/mol. The van der Waals surface area contributed by atoms with Gasteiger partial charge in [0.15, 0.2) is 0 Å². The van der Waals surface area contributed by atoms with Crippen molar-refractivity contribution in [1.29, 1.82) is 0 Å². The third-order valence-corrected chi connectivity index (χ3v) is 5.56. The van der Waals surface area contributed by atoms with Gasteiger partial charge in [-0.1, -0.05) is 12.1 Å². The van der Waals surface area contributed by atoms with Crippen LogP contribution >= 0.6 is 0 Å². The number of carbonyl (C=O) groups is 1. The van der Waals surface area contributed by atoms with E-state index in [2.05, 4.69) is 46.4 Å². The van der Waals surface area contributed by atoms with Gasteiger partial charge in [-0.25, -0.2) is 0 Å². The molecule has 1 fully saturated rings. The fraction of sp³-hybridized carbons (Fsp3) is 0.500. The number of nitrogens with zero attached hydrogens (tertiary/aromatic N) is 3. The summed E-state index contributed by atoms with van der Waals surface area (Å²) in [5.74, 6) is 1.28. The lowest BCUT2D eigenvalue weighted by atomic mass is 9.77. The Morgan fingerprint density at radius 2 is 1.96 bits per heavy atom. The SMILES string of the molecule is CN(C)C(c1ccccn1)C1CCC(CNC(=O)Cc2cccnc2)CC1. The van der Waals surface area contributed by atoms with Crippen LogP contribution in [-0.4, -0.2) is 41.4 Å². The molecule has 1 N–H and O–H groups in total. The molecule has 2 heterocycles. The van der Waals surface area contributed by atoms with Gasteiger partial charge in [0.1, 0.15) is 0 Å². The minimum absolute atomic E-state index is 0.0878. The Morgan fingerprint density at radius 3 is 2.59 bits per heavy atom. The molecule has 1 aliphatic carbocycles. The van der Waals surface area contributed by atoms with Crippen molar-refractivity contribution in [3.05, 3.63) is 60.2 Å². The van der Waals surface area contributed by atoms with E-state index in [1.165, 1.54) is 12.8 Å². The first-order valence-corrected chi connectivity index (χ1v) is 9.86. The van der Waals surface area contributed by atoms with Crippen LogP contribution in [0.1, 0.15) is 43.0 Å². The molecule has 2 aromatic heterocycles. The average Bonchev–Trinajstić information content (AvgIpc) is 2.69. The first-order valence-electron chi connectivity index (χ1n) is 9.86. The van der Waals surface area contributed by atoms with Gasteiger partial charge in [-0.15, -0.1) is 0 Å². The lowest BCUT2D eigenvalue weighted by Gasteiger charge is -2.37. The summed E-state index contributed by atoms with van der Waals surface area (Å²) < 4.78 is 0. The van der Waals surface area contributed by atoms with Crippen LogP contribution < -0.4 is 5.32 Å². The Morgan fingerprint density at radius 1 is 1.15 bits per heavy atom. The number of nitrogens with one attached hydrogen (secondary N) is 1. The van der Waals surface area contributed by atoms with Crippen LogP contribution in [0.5, 0.6) is 0 Å². The normalized spacial score (nSPS) is 21.0. The Kier molecular flexibility index (Phi) is 6.93. The van der Waals surface area contributed by atoms with Gasteiger partial charge in [-0.2, -0.15) is 0 Å². The number of amides is 1. The summed E-state index contributed by atoms with van der Waals surface area (Å²) in [7, 11) is 4.29. The predicted molar refractivity (Wildman–Crippen MR) is 107 cm³/mol. The van der Waals surface area contributed by atoms with Gasteiger partial charge in [-0.3, -0.25) is 14.8 Å². The van der Waals surface area contributed by atoms with E-state index < -0.39 is 0 Å². The van der Waals surface area contributed by atoms with Crippen molar-refractivity contribution in [1.82, 2.24) is 20.2 Å². The fourth-order valence-electron chi connectivity index (χ4n) is 4.20. The molecule has 27 heavy (non-hydrogen) atoms. The number of aromatic nitrogens is 2. The van der Waals surface area contributed by atoms with E-state index in [4.69, 9.17) is 0 Å². The molecule has 5 nitrogen and oxygen atoms in total. The van der Waals surface area contributed by atoms with Gasteiger partial charge in [0.25, 0.3) is 0 Å². The van der Waals surface area contributed by atoms with E-state index >= 15 is 0 Å². The number of carbonyl (C=O) groups excluding carboxylic acids is 1. The number of hydrogen-bond donors (Lipinski definition) is 1. The first-order chi connectivity index (χ1) is 13.1. The van der Waals surface area contributed by atoms with Crippen LogP contribution in [0.2, 0.25) is 0 Å². The van der Waals surface area contributed by atoms with Gasteiger partial charge >= 0.3 is 0 Å². The van der Waals surface area contributed by atoms with Gasteiger partial charge in [-0.05, 0) is 75.4 Å². The lowest BCUT2D eigenvalue weighted by molar-refractivity contribution is -0.120.